The number of aromatic nitrogens is 8. The zero-order valence-corrected chi connectivity index (χ0v) is 19.1. The number of ether oxygens (including phenoxy) is 1. The fourth-order valence-corrected chi connectivity index (χ4v) is 3.91. The third kappa shape index (κ3) is 4.15. The average Bonchev–Trinajstić information content (AvgIpc) is 3.36. The second-order valence-corrected chi connectivity index (χ2v) is 7.92. The molecule has 1 N–H and O–H groups in total. The molecule has 12 heteroatoms. The maximum absolute atomic E-state index is 12.4. The summed E-state index contributed by atoms with van der Waals surface area (Å²) in [6.07, 6.45) is 3.70. The SMILES string of the molecule is CCCCn1c(=O)[nH]c(=O)c2c1nc(COC(=O)CCc1c(C)nc3ncnn3c1C)n2C. The molecule has 0 saturated heterocycles. The number of rotatable bonds is 8. The zero-order valence-electron chi connectivity index (χ0n) is 19.1. The molecule has 0 aliphatic heterocycles. The van der Waals surface area contributed by atoms with E-state index in [2.05, 4.69) is 25.0 Å². The first-order valence-electron chi connectivity index (χ1n) is 10.8. The lowest BCUT2D eigenvalue weighted by Gasteiger charge is -2.10. The normalized spacial score (nSPS) is 11.5. The molecule has 0 bridgehead atoms. The molecular formula is C21H26N8O4. The number of imidazole rings is 1. The molecule has 4 heterocycles. The van der Waals surface area contributed by atoms with E-state index in [-0.39, 0.29) is 18.5 Å². The monoisotopic (exact) mass is 454 g/mol. The molecule has 4 aromatic heterocycles. The Kier molecular flexibility index (Phi) is 6.07. The highest BCUT2D eigenvalue weighted by atomic mass is 16.5. The van der Waals surface area contributed by atoms with Gasteiger partial charge in [-0.1, -0.05) is 13.3 Å². The Morgan fingerprint density at radius 3 is 2.76 bits per heavy atom. The van der Waals surface area contributed by atoms with Crippen molar-refractivity contribution in [3.63, 3.8) is 0 Å². The summed E-state index contributed by atoms with van der Waals surface area (Å²) in [5.41, 5.74) is 2.14. The number of unbranched alkanes of at least 4 members (excludes halogenated alkanes) is 1. The summed E-state index contributed by atoms with van der Waals surface area (Å²) in [5.74, 6) is 0.500. The summed E-state index contributed by atoms with van der Waals surface area (Å²) in [4.78, 5) is 52.3. The number of hydrogen-bond acceptors (Lipinski definition) is 8. The first-order chi connectivity index (χ1) is 15.8. The maximum atomic E-state index is 12.4. The van der Waals surface area contributed by atoms with Gasteiger partial charge in [0, 0.05) is 31.4 Å². The van der Waals surface area contributed by atoms with E-state index >= 15 is 0 Å². The van der Waals surface area contributed by atoms with Crippen LogP contribution in [0.5, 0.6) is 0 Å². The molecule has 33 heavy (non-hydrogen) atoms. The minimum absolute atomic E-state index is 0.107. The number of hydrogen-bond donors (Lipinski definition) is 1. The third-order valence-corrected chi connectivity index (χ3v) is 5.77. The number of aromatic amines is 1. The molecule has 174 valence electrons. The van der Waals surface area contributed by atoms with Crippen LogP contribution in [-0.2, 0) is 36.2 Å². The van der Waals surface area contributed by atoms with Crippen LogP contribution >= 0.6 is 0 Å². The van der Waals surface area contributed by atoms with Gasteiger partial charge in [-0.15, -0.1) is 0 Å². The van der Waals surface area contributed by atoms with Crippen LogP contribution in [0.4, 0.5) is 0 Å². The van der Waals surface area contributed by atoms with E-state index in [1.54, 1.807) is 16.1 Å². The van der Waals surface area contributed by atoms with Crippen molar-refractivity contribution in [1.29, 1.82) is 0 Å². The molecule has 0 aromatic carbocycles. The van der Waals surface area contributed by atoms with Crippen LogP contribution < -0.4 is 11.2 Å². The maximum Gasteiger partial charge on any atom is 0.330 e. The van der Waals surface area contributed by atoms with Crippen LogP contribution in [-0.4, -0.2) is 44.7 Å². The molecule has 0 amide bonds. The van der Waals surface area contributed by atoms with Crippen molar-refractivity contribution in [3.05, 3.63) is 49.9 Å². The average molecular weight is 454 g/mol. The second kappa shape index (κ2) is 8.96. The van der Waals surface area contributed by atoms with E-state index in [0.717, 1.165) is 29.8 Å². The number of nitrogens with one attached hydrogen (secondary N) is 1. The predicted molar refractivity (Wildman–Crippen MR) is 119 cm³/mol. The molecule has 0 fully saturated rings. The minimum Gasteiger partial charge on any atom is -0.457 e. The summed E-state index contributed by atoms with van der Waals surface area (Å²) in [6.45, 7) is 6.13. The van der Waals surface area contributed by atoms with Crippen molar-refractivity contribution in [2.45, 2.75) is 59.6 Å². The van der Waals surface area contributed by atoms with E-state index in [1.807, 2.05) is 20.8 Å². The lowest BCUT2D eigenvalue weighted by atomic mass is 10.1. The summed E-state index contributed by atoms with van der Waals surface area (Å²) in [5, 5.41) is 4.16. The number of aryl methyl sites for hydroxylation is 4. The number of esters is 1. The predicted octanol–water partition coefficient (Wildman–Crippen LogP) is 0.954. The number of nitrogens with zero attached hydrogens (tertiary/aromatic N) is 7. The Morgan fingerprint density at radius 2 is 2.00 bits per heavy atom. The highest BCUT2D eigenvalue weighted by Gasteiger charge is 2.18. The van der Waals surface area contributed by atoms with Crippen molar-refractivity contribution in [2.24, 2.45) is 7.05 Å². The van der Waals surface area contributed by atoms with Crippen molar-refractivity contribution < 1.29 is 9.53 Å². The van der Waals surface area contributed by atoms with Gasteiger partial charge in [-0.25, -0.2) is 19.3 Å². The quantitative estimate of drug-likeness (QED) is 0.388. The molecule has 0 spiro atoms. The molecule has 0 unspecified atom stereocenters. The van der Waals surface area contributed by atoms with Crippen LogP contribution in [0.1, 0.15) is 49.0 Å². The number of H-pyrrole nitrogens is 1. The molecule has 0 saturated carbocycles. The van der Waals surface area contributed by atoms with E-state index < -0.39 is 17.2 Å². The molecule has 0 radical (unpaired) electrons. The highest BCUT2D eigenvalue weighted by molar-refractivity contribution is 5.72. The van der Waals surface area contributed by atoms with Gasteiger partial charge < -0.3 is 9.30 Å². The molecule has 0 aliphatic rings. The summed E-state index contributed by atoms with van der Waals surface area (Å²) in [6, 6.07) is 0. The van der Waals surface area contributed by atoms with Gasteiger partial charge in [0.05, 0.1) is 0 Å². The first kappa shape index (κ1) is 22.4. The summed E-state index contributed by atoms with van der Waals surface area (Å²) in [7, 11) is 1.66. The molecule has 0 atom stereocenters. The van der Waals surface area contributed by atoms with E-state index in [4.69, 9.17) is 4.74 Å². The van der Waals surface area contributed by atoms with E-state index in [9.17, 15) is 14.4 Å². The Bertz CT molecular complexity index is 1460. The van der Waals surface area contributed by atoms with Crippen molar-refractivity contribution in [1.82, 2.24) is 38.7 Å². The largest absolute Gasteiger partial charge is 0.457 e. The van der Waals surface area contributed by atoms with Gasteiger partial charge in [0.15, 0.2) is 11.2 Å². The zero-order chi connectivity index (χ0) is 23.7. The molecular weight excluding hydrogens is 428 g/mol. The van der Waals surface area contributed by atoms with Crippen molar-refractivity contribution in [2.75, 3.05) is 0 Å². The molecule has 12 nitrogen and oxygen atoms in total. The smallest absolute Gasteiger partial charge is 0.330 e. The van der Waals surface area contributed by atoms with Gasteiger partial charge in [-0.3, -0.25) is 19.1 Å². The van der Waals surface area contributed by atoms with Crippen LogP contribution in [0.15, 0.2) is 15.9 Å². The third-order valence-electron chi connectivity index (χ3n) is 5.77. The second-order valence-electron chi connectivity index (χ2n) is 7.92. The van der Waals surface area contributed by atoms with E-state index in [0.29, 0.717) is 30.2 Å². The van der Waals surface area contributed by atoms with Gasteiger partial charge in [0.25, 0.3) is 11.3 Å². The molecule has 0 aliphatic carbocycles. The fourth-order valence-electron chi connectivity index (χ4n) is 3.91. The van der Waals surface area contributed by atoms with Crippen LogP contribution in [0, 0.1) is 13.8 Å². The molecule has 4 aromatic rings. The van der Waals surface area contributed by atoms with Crippen molar-refractivity contribution in [3.8, 4) is 0 Å². The number of fused-ring (bicyclic) bond motifs is 2. The Balaban J connectivity index is 1.49. The summed E-state index contributed by atoms with van der Waals surface area (Å²) >= 11 is 0. The van der Waals surface area contributed by atoms with Gasteiger partial charge in [-0.2, -0.15) is 10.1 Å². The Morgan fingerprint density at radius 1 is 1.21 bits per heavy atom. The van der Waals surface area contributed by atoms with Crippen LogP contribution in [0.25, 0.3) is 16.9 Å². The van der Waals surface area contributed by atoms with E-state index in [1.165, 1.54) is 10.9 Å². The van der Waals surface area contributed by atoms with Crippen LogP contribution in [0.3, 0.4) is 0 Å². The first-order valence-corrected chi connectivity index (χ1v) is 10.8. The highest BCUT2D eigenvalue weighted by Crippen LogP contribution is 2.16. The van der Waals surface area contributed by atoms with Gasteiger partial charge >= 0.3 is 11.7 Å². The number of carbonyl (C=O) groups excluding carboxylic acids is 1. The van der Waals surface area contributed by atoms with Gasteiger partial charge in [-0.05, 0) is 32.3 Å². The van der Waals surface area contributed by atoms with Gasteiger partial charge in [0.2, 0.25) is 0 Å². The Labute approximate surface area is 188 Å². The van der Waals surface area contributed by atoms with Crippen LogP contribution in [0.2, 0.25) is 0 Å². The lowest BCUT2D eigenvalue weighted by Crippen LogP contribution is -2.31. The topological polar surface area (TPSA) is 142 Å². The fraction of sp³-hybridized carbons (Fsp3) is 0.476. The number of carbonyl (C=O) groups is 1. The van der Waals surface area contributed by atoms with Gasteiger partial charge in [0.1, 0.15) is 18.8 Å². The molecule has 4 rings (SSSR count). The Hall–Kier alpha value is -3.83. The standard InChI is InChI=1S/C21H26N8O4/c1-5-6-9-28-18-17(19(31)26-21(28)32)27(4)15(25-18)10-33-16(30)8-7-14-12(2)24-20-22-11-23-29(20)13(14)3/h11H,5-10H2,1-4H3,(H,26,31,32). The lowest BCUT2D eigenvalue weighted by molar-refractivity contribution is -0.145. The van der Waals surface area contributed by atoms with Crippen molar-refractivity contribution >= 4 is 22.9 Å². The minimum atomic E-state index is -0.516. The summed E-state index contributed by atoms with van der Waals surface area (Å²) < 4.78 is 10.1.